The Labute approximate surface area is 155 Å². The SMILES string of the molecule is FC(F)(F)c1cccc(C2=CCN([C@H]3CN[C@H](Cn4ccnn4)C3)C=C2)c1. The largest absolute Gasteiger partial charge is 0.416 e. The van der Waals surface area contributed by atoms with Gasteiger partial charge in [0.2, 0.25) is 0 Å². The summed E-state index contributed by atoms with van der Waals surface area (Å²) < 4.78 is 40.6. The molecule has 0 radical (unpaired) electrons. The molecule has 1 aromatic carbocycles. The van der Waals surface area contributed by atoms with Gasteiger partial charge in [0.15, 0.2) is 0 Å². The van der Waals surface area contributed by atoms with Gasteiger partial charge >= 0.3 is 6.18 Å². The van der Waals surface area contributed by atoms with E-state index in [2.05, 4.69) is 20.5 Å². The van der Waals surface area contributed by atoms with Crippen molar-refractivity contribution >= 4 is 5.57 Å². The van der Waals surface area contributed by atoms with Crippen molar-refractivity contribution in [3.63, 3.8) is 0 Å². The Balaban J connectivity index is 1.37. The zero-order valence-corrected chi connectivity index (χ0v) is 14.6. The fourth-order valence-electron chi connectivity index (χ4n) is 3.61. The van der Waals surface area contributed by atoms with Crippen molar-refractivity contribution in [1.82, 2.24) is 25.2 Å². The van der Waals surface area contributed by atoms with Crippen LogP contribution in [0.2, 0.25) is 0 Å². The van der Waals surface area contributed by atoms with Crippen molar-refractivity contribution in [3.8, 4) is 0 Å². The van der Waals surface area contributed by atoms with Crippen LogP contribution in [0.5, 0.6) is 0 Å². The molecule has 2 aliphatic rings. The molecule has 0 unspecified atom stereocenters. The number of benzene rings is 1. The standard InChI is InChI=1S/C19H20F3N5/c20-19(21,22)16-3-1-2-15(10-16)14-4-7-26(8-5-14)18-11-17(23-12-18)13-27-9-6-24-25-27/h1-7,9-10,17-18,23H,8,11-13H2/t17-,18+/m0/s1. The average Bonchev–Trinajstić information content (AvgIpc) is 3.34. The summed E-state index contributed by atoms with van der Waals surface area (Å²) in [5.41, 5.74) is 0.796. The maximum Gasteiger partial charge on any atom is 0.416 e. The van der Waals surface area contributed by atoms with Crippen LogP contribution in [-0.4, -0.2) is 45.1 Å². The van der Waals surface area contributed by atoms with Crippen LogP contribution < -0.4 is 5.32 Å². The van der Waals surface area contributed by atoms with Gasteiger partial charge in [0.1, 0.15) is 0 Å². The molecule has 3 heterocycles. The number of halogens is 3. The van der Waals surface area contributed by atoms with Crippen molar-refractivity contribution in [1.29, 1.82) is 0 Å². The summed E-state index contributed by atoms with van der Waals surface area (Å²) >= 11 is 0. The molecule has 0 saturated carbocycles. The highest BCUT2D eigenvalue weighted by Crippen LogP contribution is 2.32. The molecule has 2 atom stereocenters. The van der Waals surface area contributed by atoms with Crippen molar-refractivity contribution in [2.45, 2.75) is 31.2 Å². The van der Waals surface area contributed by atoms with E-state index in [9.17, 15) is 13.2 Å². The second-order valence-corrected chi connectivity index (χ2v) is 6.87. The van der Waals surface area contributed by atoms with Crippen LogP contribution in [0.3, 0.4) is 0 Å². The van der Waals surface area contributed by atoms with E-state index in [1.807, 2.05) is 29.2 Å². The van der Waals surface area contributed by atoms with Gasteiger partial charge in [0.25, 0.3) is 0 Å². The highest BCUT2D eigenvalue weighted by atomic mass is 19.4. The molecular formula is C19H20F3N5. The highest BCUT2D eigenvalue weighted by molar-refractivity contribution is 5.75. The Hall–Kier alpha value is -2.61. The van der Waals surface area contributed by atoms with Gasteiger partial charge in [-0.05, 0) is 35.8 Å². The molecule has 27 heavy (non-hydrogen) atoms. The third kappa shape index (κ3) is 4.05. The van der Waals surface area contributed by atoms with Crippen LogP contribution in [-0.2, 0) is 12.7 Å². The minimum absolute atomic E-state index is 0.332. The molecule has 2 aliphatic heterocycles. The van der Waals surface area contributed by atoms with Crippen molar-refractivity contribution in [2.75, 3.05) is 13.1 Å². The van der Waals surface area contributed by atoms with E-state index in [0.717, 1.165) is 31.1 Å². The van der Waals surface area contributed by atoms with Gasteiger partial charge in [0, 0.05) is 37.6 Å². The van der Waals surface area contributed by atoms with Gasteiger partial charge in [-0.1, -0.05) is 23.4 Å². The summed E-state index contributed by atoms with van der Waals surface area (Å²) in [6, 6.07) is 6.16. The Morgan fingerprint density at radius 1 is 1.26 bits per heavy atom. The first-order valence-electron chi connectivity index (χ1n) is 8.88. The topological polar surface area (TPSA) is 46.0 Å². The van der Waals surface area contributed by atoms with E-state index in [1.54, 1.807) is 12.3 Å². The van der Waals surface area contributed by atoms with Gasteiger partial charge in [-0.2, -0.15) is 13.2 Å². The van der Waals surface area contributed by atoms with Crippen LogP contribution in [0.25, 0.3) is 5.57 Å². The van der Waals surface area contributed by atoms with E-state index in [0.29, 0.717) is 24.2 Å². The van der Waals surface area contributed by atoms with Crippen molar-refractivity contribution < 1.29 is 13.2 Å². The lowest BCUT2D eigenvalue weighted by Gasteiger charge is -2.29. The number of aromatic nitrogens is 3. The number of nitrogens with one attached hydrogen (secondary N) is 1. The van der Waals surface area contributed by atoms with E-state index >= 15 is 0 Å². The molecule has 2 aromatic rings. The molecule has 4 rings (SSSR count). The Morgan fingerprint density at radius 2 is 2.15 bits per heavy atom. The molecular weight excluding hydrogens is 355 g/mol. The quantitative estimate of drug-likeness (QED) is 0.893. The predicted octanol–water partition coefficient (Wildman–Crippen LogP) is 2.94. The summed E-state index contributed by atoms with van der Waals surface area (Å²) in [6.07, 6.45) is 6.04. The summed E-state index contributed by atoms with van der Waals surface area (Å²) in [5, 5.41) is 11.3. The first-order chi connectivity index (χ1) is 13.0. The van der Waals surface area contributed by atoms with E-state index in [-0.39, 0.29) is 0 Å². The molecule has 1 aromatic heterocycles. The van der Waals surface area contributed by atoms with Crippen molar-refractivity contribution in [2.24, 2.45) is 0 Å². The monoisotopic (exact) mass is 375 g/mol. The predicted molar refractivity (Wildman–Crippen MR) is 95.5 cm³/mol. The number of alkyl halides is 3. The molecule has 1 N–H and O–H groups in total. The van der Waals surface area contributed by atoms with Gasteiger partial charge in [-0.3, -0.25) is 4.68 Å². The normalized spacial score (nSPS) is 22.9. The number of hydrogen-bond acceptors (Lipinski definition) is 4. The van der Waals surface area contributed by atoms with Gasteiger partial charge in [0.05, 0.1) is 18.3 Å². The lowest BCUT2D eigenvalue weighted by molar-refractivity contribution is -0.137. The van der Waals surface area contributed by atoms with Crippen LogP contribution in [0.4, 0.5) is 13.2 Å². The third-order valence-electron chi connectivity index (χ3n) is 5.04. The van der Waals surface area contributed by atoms with Crippen LogP contribution >= 0.6 is 0 Å². The fourth-order valence-corrected chi connectivity index (χ4v) is 3.61. The second kappa shape index (κ2) is 7.19. The van der Waals surface area contributed by atoms with Crippen LogP contribution in [0.15, 0.2) is 55.0 Å². The second-order valence-electron chi connectivity index (χ2n) is 6.87. The molecule has 0 bridgehead atoms. The molecule has 5 nitrogen and oxygen atoms in total. The number of rotatable bonds is 4. The van der Waals surface area contributed by atoms with Gasteiger partial charge < -0.3 is 10.2 Å². The van der Waals surface area contributed by atoms with Crippen LogP contribution in [0.1, 0.15) is 17.5 Å². The van der Waals surface area contributed by atoms with E-state index in [1.165, 1.54) is 12.1 Å². The number of hydrogen-bond donors (Lipinski definition) is 1. The smallest absolute Gasteiger partial charge is 0.369 e. The number of allylic oxidation sites excluding steroid dienone is 2. The van der Waals surface area contributed by atoms with Crippen molar-refractivity contribution in [3.05, 3.63) is 66.1 Å². The fraction of sp³-hybridized carbons (Fsp3) is 0.368. The Bertz CT molecular complexity index is 841. The summed E-state index contributed by atoms with van der Waals surface area (Å²) in [7, 11) is 0. The first-order valence-corrected chi connectivity index (χ1v) is 8.88. The molecule has 1 fully saturated rings. The first kappa shape index (κ1) is 17.8. The maximum atomic E-state index is 12.9. The lowest BCUT2D eigenvalue weighted by atomic mass is 10.0. The van der Waals surface area contributed by atoms with Crippen LogP contribution in [0, 0.1) is 0 Å². The minimum atomic E-state index is -4.32. The zero-order chi connectivity index (χ0) is 18.9. The van der Waals surface area contributed by atoms with Gasteiger partial charge in [-0.15, -0.1) is 5.10 Å². The van der Waals surface area contributed by atoms with E-state index < -0.39 is 11.7 Å². The Morgan fingerprint density at radius 3 is 2.85 bits per heavy atom. The zero-order valence-electron chi connectivity index (χ0n) is 14.6. The Kier molecular flexibility index (Phi) is 4.73. The van der Waals surface area contributed by atoms with E-state index in [4.69, 9.17) is 0 Å². The molecule has 8 heteroatoms. The minimum Gasteiger partial charge on any atom is -0.369 e. The average molecular weight is 375 g/mol. The molecule has 142 valence electrons. The molecule has 0 aliphatic carbocycles. The number of nitrogens with zero attached hydrogens (tertiary/aromatic N) is 4. The lowest BCUT2D eigenvalue weighted by Crippen LogP contribution is -2.33. The highest BCUT2D eigenvalue weighted by Gasteiger charge is 2.31. The molecule has 0 spiro atoms. The summed E-state index contributed by atoms with van der Waals surface area (Å²) in [4.78, 5) is 2.23. The third-order valence-corrected chi connectivity index (χ3v) is 5.04. The summed E-state index contributed by atoms with van der Waals surface area (Å²) in [5.74, 6) is 0. The molecule has 1 saturated heterocycles. The summed E-state index contributed by atoms with van der Waals surface area (Å²) in [6.45, 7) is 2.33. The molecule has 0 amide bonds. The van der Waals surface area contributed by atoms with Gasteiger partial charge in [-0.25, -0.2) is 0 Å². The maximum absolute atomic E-state index is 12.9.